The van der Waals surface area contributed by atoms with Crippen LogP contribution in [0.3, 0.4) is 0 Å². The van der Waals surface area contributed by atoms with Crippen LogP contribution in [0.2, 0.25) is 0 Å². The summed E-state index contributed by atoms with van der Waals surface area (Å²) in [4.78, 5) is 13.7. The number of ether oxygens (including phenoxy) is 1. The van der Waals surface area contributed by atoms with Gasteiger partial charge in [0.05, 0.1) is 19.4 Å². The summed E-state index contributed by atoms with van der Waals surface area (Å²) in [5.41, 5.74) is 1.77. The molecule has 1 aromatic rings. The number of allylic oxidation sites excluding steroid dienone is 2. The Morgan fingerprint density at radius 1 is 1.52 bits per heavy atom. The minimum absolute atomic E-state index is 0.0420. The molecule has 1 aliphatic rings. The van der Waals surface area contributed by atoms with Crippen LogP contribution in [0, 0.1) is 11.3 Å². The van der Waals surface area contributed by atoms with Gasteiger partial charge in [0.1, 0.15) is 17.7 Å². The normalized spacial score (nSPS) is 16.6. The molecule has 0 amide bonds. The monoisotopic (exact) mass is 287 g/mol. The van der Waals surface area contributed by atoms with E-state index < -0.39 is 5.97 Å². The third-order valence-electron chi connectivity index (χ3n) is 3.25. The minimum Gasteiger partial charge on any atom is -0.467 e. The maximum Gasteiger partial charge on any atom is 0.352 e. The third-order valence-corrected chi connectivity index (χ3v) is 3.25. The fraction of sp³-hybridized carbons (Fsp3) is 0.333. The van der Waals surface area contributed by atoms with E-state index >= 15 is 0 Å². The number of rotatable bonds is 4. The first kappa shape index (κ1) is 14.7. The molecule has 0 aromatic carbocycles. The van der Waals surface area contributed by atoms with Crippen molar-refractivity contribution in [2.75, 3.05) is 6.61 Å². The van der Waals surface area contributed by atoms with Gasteiger partial charge in [0, 0.05) is 11.4 Å². The number of carbonyl (C=O) groups is 1. The summed E-state index contributed by atoms with van der Waals surface area (Å²) < 4.78 is 10.3. The van der Waals surface area contributed by atoms with Gasteiger partial charge >= 0.3 is 5.97 Å². The van der Waals surface area contributed by atoms with E-state index in [1.165, 1.54) is 0 Å². The molecule has 0 bridgehead atoms. The summed E-state index contributed by atoms with van der Waals surface area (Å²) in [6, 6.07) is 5.56. The molecule has 6 nitrogen and oxygen atoms in total. The van der Waals surface area contributed by atoms with Crippen LogP contribution < -0.4 is 5.32 Å². The number of carbonyl (C=O) groups excluding carboxylic acids is 1. The molecule has 110 valence electrons. The molecule has 1 N–H and O–H groups in total. The molecule has 6 heteroatoms. The predicted octanol–water partition coefficient (Wildman–Crippen LogP) is 2.23. The van der Waals surface area contributed by atoms with Gasteiger partial charge < -0.3 is 19.4 Å². The van der Waals surface area contributed by atoms with Crippen LogP contribution in [0.15, 0.2) is 45.6 Å². The molecule has 1 aromatic heterocycles. The average molecular weight is 287 g/mol. The van der Waals surface area contributed by atoms with Crippen molar-refractivity contribution in [2.24, 2.45) is 0 Å². The number of nitrogens with one attached hydrogen (secondary N) is 1. The highest BCUT2D eigenvalue weighted by Crippen LogP contribution is 2.27. The molecule has 1 aliphatic heterocycles. The van der Waals surface area contributed by atoms with Crippen LogP contribution in [0.5, 0.6) is 0 Å². The van der Waals surface area contributed by atoms with Crippen molar-refractivity contribution >= 4 is 5.97 Å². The maximum atomic E-state index is 11.9. The minimum atomic E-state index is -0.630. The molecule has 0 fully saturated rings. The molecule has 0 radical (unpaired) electrons. The van der Waals surface area contributed by atoms with Crippen molar-refractivity contribution in [3.63, 3.8) is 0 Å². The number of nitriles is 1. The summed E-state index contributed by atoms with van der Waals surface area (Å²) in [5, 5.41) is 12.4. The van der Waals surface area contributed by atoms with Crippen molar-refractivity contribution in [3.05, 3.63) is 46.9 Å². The van der Waals surface area contributed by atoms with Gasteiger partial charge in [0.15, 0.2) is 5.57 Å². The Morgan fingerprint density at radius 2 is 2.29 bits per heavy atom. The quantitative estimate of drug-likeness (QED) is 0.520. The SMILES string of the molecule is CCOC(=O)/C(C#N)=C1\NC(C)=C(C)N1Cc1ccco1. The van der Waals surface area contributed by atoms with Gasteiger partial charge in [-0.2, -0.15) is 5.26 Å². The second-order valence-corrected chi connectivity index (χ2v) is 4.56. The second kappa shape index (κ2) is 6.18. The Hall–Kier alpha value is -2.68. The molecule has 21 heavy (non-hydrogen) atoms. The molecule has 2 heterocycles. The maximum absolute atomic E-state index is 11.9. The zero-order valence-corrected chi connectivity index (χ0v) is 12.3. The first-order chi connectivity index (χ1) is 10.1. The standard InChI is InChI=1S/C15H17N3O3/c1-4-20-15(19)13(8-16)14-17-10(2)11(3)18(14)9-12-6-5-7-21-12/h5-7,17H,4,9H2,1-3H3/b14-13+. The van der Waals surface area contributed by atoms with Gasteiger partial charge in [-0.25, -0.2) is 4.79 Å². The van der Waals surface area contributed by atoms with Gasteiger partial charge in [-0.1, -0.05) is 0 Å². The van der Waals surface area contributed by atoms with Crippen LogP contribution in [-0.4, -0.2) is 17.5 Å². The number of esters is 1. The van der Waals surface area contributed by atoms with Gasteiger partial charge in [-0.05, 0) is 32.9 Å². The van der Waals surface area contributed by atoms with Crippen LogP contribution in [-0.2, 0) is 16.1 Å². The summed E-state index contributed by atoms with van der Waals surface area (Å²) in [5.74, 6) is 0.543. The zero-order chi connectivity index (χ0) is 15.4. The fourth-order valence-corrected chi connectivity index (χ4v) is 2.06. The molecule has 0 atom stereocenters. The Morgan fingerprint density at radius 3 is 2.86 bits per heavy atom. The van der Waals surface area contributed by atoms with Crippen LogP contribution in [0.1, 0.15) is 26.5 Å². The lowest BCUT2D eigenvalue weighted by Gasteiger charge is -2.20. The summed E-state index contributed by atoms with van der Waals surface area (Å²) in [6.07, 6.45) is 1.59. The van der Waals surface area contributed by atoms with Gasteiger partial charge in [0.25, 0.3) is 0 Å². The molecular formula is C15H17N3O3. The van der Waals surface area contributed by atoms with E-state index in [4.69, 9.17) is 9.15 Å². The molecular weight excluding hydrogens is 270 g/mol. The highest BCUT2D eigenvalue weighted by atomic mass is 16.5. The summed E-state index contributed by atoms with van der Waals surface area (Å²) in [6.45, 7) is 6.16. The predicted molar refractivity (Wildman–Crippen MR) is 75.0 cm³/mol. The zero-order valence-electron chi connectivity index (χ0n) is 12.3. The van der Waals surface area contributed by atoms with E-state index in [-0.39, 0.29) is 12.2 Å². The van der Waals surface area contributed by atoms with E-state index in [1.807, 2.05) is 30.9 Å². The highest BCUT2D eigenvalue weighted by Gasteiger charge is 2.29. The number of hydrogen-bond donors (Lipinski definition) is 1. The smallest absolute Gasteiger partial charge is 0.352 e. The lowest BCUT2D eigenvalue weighted by Crippen LogP contribution is -2.25. The lowest BCUT2D eigenvalue weighted by molar-refractivity contribution is -0.138. The Bertz CT molecular complexity index is 636. The van der Waals surface area contributed by atoms with E-state index in [1.54, 1.807) is 19.3 Å². The Kier molecular flexibility index (Phi) is 4.33. The highest BCUT2D eigenvalue weighted by molar-refractivity contribution is 5.93. The fourth-order valence-electron chi connectivity index (χ4n) is 2.06. The number of furan rings is 1. The molecule has 0 saturated carbocycles. The van der Waals surface area contributed by atoms with Crippen LogP contribution in [0.4, 0.5) is 0 Å². The van der Waals surface area contributed by atoms with E-state index in [0.29, 0.717) is 12.4 Å². The first-order valence-electron chi connectivity index (χ1n) is 6.64. The second-order valence-electron chi connectivity index (χ2n) is 4.56. The molecule has 0 aliphatic carbocycles. The van der Waals surface area contributed by atoms with Crippen LogP contribution in [0.25, 0.3) is 0 Å². The van der Waals surface area contributed by atoms with E-state index in [2.05, 4.69) is 5.32 Å². The Labute approximate surface area is 123 Å². The van der Waals surface area contributed by atoms with Crippen molar-refractivity contribution in [2.45, 2.75) is 27.3 Å². The Balaban J connectivity index is 2.37. The van der Waals surface area contributed by atoms with Crippen molar-refractivity contribution in [1.82, 2.24) is 10.2 Å². The third kappa shape index (κ3) is 2.92. The molecule has 2 rings (SSSR count). The van der Waals surface area contributed by atoms with Crippen molar-refractivity contribution < 1.29 is 13.9 Å². The first-order valence-corrected chi connectivity index (χ1v) is 6.64. The van der Waals surface area contributed by atoms with Crippen LogP contribution >= 0.6 is 0 Å². The van der Waals surface area contributed by atoms with E-state index in [0.717, 1.165) is 17.2 Å². The summed E-state index contributed by atoms with van der Waals surface area (Å²) >= 11 is 0. The average Bonchev–Trinajstić information content (AvgIpc) is 3.05. The topological polar surface area (TPSA) is 78.5 Å². The number of hydrogen-bond acceptors (Lipinski definition) is 6. The largest absolute Gasteiger partial charge is 0.467 e. The molecule has 0 saturated heterocycles. The summed E-state index contributed by atoms with van der Waals surface area (Å²) in [7, 11) is 0. The van der Waals surface area contributed by atoms with E-state index in [9.17, 15) is 10.1 Å². The van der Waals surface area contributed by atoms with Crippen molar-refractivity contribution in [3.8, 4) is 6.07 Å². The number of nitrogens with zero attached hydrogens (tertiary/aromatic N) is 2. The lowest BCUT2D eigenvalue weighted by atomic mass is 10.2. The van der Waals surface area contributed by atoms with Gasteiger partial charge in [0.2, 0.25) is 0 Å². The van der Waals surface area contributed by atoms with Gasteiger partial charge in [-0.3, -0.25) is 0 Å². The molecule has 0 spiro atoms. The molecule has 0 unspecified atom stereocenters. The van der Waals surface area contributed by atoms with Crippen molar-refractivity contribution in [1.29, 1.82) is 5.26 Å². The van der Waals surface area contributed by atoms with Gasteiger partial charge in [-0.15, -0.1) is 0 Å².